The highest BCUT2D eigenvalue weighted by atomic mass is 32.1. The van der Waals surface area contributed by atoms with Gasteiger partial charge in [-0.15, -0.1) is 6.58 Å². The van der Waals surface area contributed by atoms with Gasteiger partial charge in [-0.1, -0.05) is 6.08 Å². The van der Waals surface area contributed by atoms with E-state index in [9.17, 15) is 13.2 Å². The lowest BCUT2D eigenvalue weighted by Crippen LogP contribution is -2.47. The van der Waals surface area contributed by atoms with Crippen LogP contribution >= 0.6 is 12.2 Å². The molecule has 1 aliphatic carbocycles. The fourth-order valence-corrected chi connectivity index (χ4v) is 3.81. The average molecular weight is 424 g/mol. The van der Waals surface area contributed by atoms with Crippen molar-refractivity contribution in [3.63, 3.8) is 0 Å². The summed E-state index contributed by atoms with van der Waals surface area (Å²) in [6.07, 6.45) is 0.678. The van der Waals surface area contributed by atoms with Crippen molar-refractivity contribution in [1.82, 2.24) is 24.2 Å². The Kier molecular flexibility index (Phi) is 5.48. The summed E-state index contributed by atoms with van der Waals surface area (Å²) >= 11 is 5.61. The lowest BCUT2D eigenvalue weighted by Gasteiger charge is -2.35. The molecular weight excluding hydrogens is 401 g/mol. The lowest BCUT2D eigenvalue weighted by atomic mass is 10.2. The number of hydrogen-bond donors (Lipinski definition) is 0. The topological polar surface area (TPSA) is 42.1 Å². The monoisotopic (exact) mass is 424 g/mol. The Morgan fingerprint density at radius 3 is 2.45 bits per heavy atom. The first kappa shape index (κ1) is 20.1. The van der Waals surface area contributed by atoms with E-state index in [1.54, 1.807) is 0 Å². The van der Waals surface area contributed by atoms with Gasteiger partial charge in [-0.05, 0) is 37.2 Å². The summed E-state index contributed by atoms with van der Waals surface area (Å²) in [6, 6.07) is 2.52. The highest BCUT2D eigenvalue weighted by Crippen LogP contribution is 2.39. The van der Waals surface area contributed by atoms with Crippen LogP contribution in [-0.4, -0.2) is 50.4 Å². The minimum atomic E-state index is -4.36. The van der Waals surface area contributed by atoms with Crippen LogP contribution in [0.5, 0.6) is 0 Å². The standard InChI is InChI=1S/C19H23F3N6S/c1-2-7-27-17(14-3-4-14)24-28(18(27)29)13-25-8-10-26(11-9-25)16-6-5-15(12-23-16)19(20,21)22/h2,5-6,12,14H,1,3-4,7-11,13H2. The van der Waals surface area contributed by atoms with Crippen LogP contribution in [-0.2, 0) is 19.4 Å². The van der Waals surface area contributed by atoms with Gasteiger partial charge >= 0.3 is 6.18 Å². The van der Waals surface area contributed by atoms with E-state index in [1.807, 2.05) is 15.7 Å². The third kappa shape index (κ3) is 4.37. The Labute approximate surface area is 172 Å². The van der Waals surface area contributed by atoms with Crippen molar-refractivity contribution in [2.45, 2.75) is 38.1 Å². The smallest absolute Gasteiger partial charge is 0.354 e. The van der Waals surface area contributed by atoms with Crippen LogP contribution in [0, 0.1) is 4.77 Å². The maximum atomic E-state index is 12.7. The molecule has 0 N–H and O–H groups in total. The van der Waals surface area contributed by atoms with Gasteiger partial charge in [0.15, 0.2) is 4.77 Å². The maximum Gasteiger partial charge on any atom is 0.417 e. The second-order valence-corrected chi connectivity index (χ2v) is 7.83. The van der Waals surface area contributed by atoms with Gasteiger partial charge in [0.05, 0.1) is 12.2 Å². The number of alkyl halides is 3. The van der Waals surface area contributed by atoms with Gasteiger partial charge in [0, 0.05) is 44.8 Å². The van der Waals surface area contributed by atoms with E-state index in [1.165, 1.54) is 6.07 Å². The summed E-state index contributed by atoms with van der Waals surface area (Å²) in [5, 5.41) is 4.75. The number of allylic oxidation sites excluding steroid dienone is 1. The van der Waals surface area contributed by atoms with Crippen LogP contribution in [0.2, 0.25) is 0 Å². The molecule has 2 fully saturated rings. The average Bonchev–Trinajstić information content (AvgIpc) is 3.50. The number of anilines is 1. The third-order valence-corrected chi connectivity index (χ3v) is 5.74. The molecule has 29 heavy (non-hydrogen) atoms. The molecule has 156 valence electrons. The van der Waals surface area contributed by atoms with Gasteiger partial charge in [-0.2, -0.15) is 18.3 Å². The van der Waals surface area contributed by atoms with Crippen molar-refractivity contribution in [2.24, 2.45) is 0 Å². The summed E-state index contributed by atoms with van der Waals surface area (Å²) in [5.74, 6) is 2.11. The van der Waals surface area contributed by atoms with Crippen LogP contribution in [0.3, 0.4) is 0 Å². The predicted molar refractivity (Wildman–Crippen MR) is 106 cm³/mol. The summed E-state index contributed by atoms with van der Waals surface area (Å²) in [4.78, 5) is 8.24. The fourth-order valence-electron chi connectivity index (χ4n) is 3.54. The van der Waals surface area contributed by atoms with E-state index in [2.05, 4.69) is 21.0 Å². The first-order valence-corrected chi connectivity index (χ1v) is 10.1. The zero-order valence-corrected chi connectivity index (χ0v) is 16.8. The Hall–Kier alpha value is -2.20. The molecule has 0 radical (unpaired) electrons. The minimum Gasteiger partial charge on any atom is -0.354 e. The van der Waals surface area contributed by atoms with Crippen molar-refractivity contribution in [3.05, 3.63) is 47.1 Å². The van der Waals surface area contributed by atoms with Crippen molar-refractivity contribution >= 4 is 18.0 Å². The second-order valence-electron chi connectivity index (χ2n) is 7.46. The zero-order chi connectivity index (χ0) is 20.6. The number of pyridine rings is 1. The van der Waals surface area contributed by atoms with Gasteiger partial charge in [0.25, 0.3) is 0 Å². The first-order chi connectivity index (χ1) is 13.9. The van der Waals surface area contributed by atoms with Crippen molar-refractivity contribution in [2.75, 3.05) is 31.1 Å². The molecule has 0 aromatic carbocycles. The van der Waals surface area contributed by atoms with Gasteiger partial charge in [0.1, 0.15) is 11.6 Å². The summed E-state index contributed by atoms with van der Waals surface area (Å²) in [6.45, 7) is 7.98. The summed E-state index contributed by atoms with van der Waals surface area (Å²) in [7, 11) is 0. The molecule has 1 saturated carbocycles. The molecule has 1 aliphatic heterocycles. The summed E-state index contributed by atoms with van der Waals surface area (Å²) < 4.78 is 42.7. The molecule has 4 rings (SSSR count). The molecule has 2 aromatic rings. The third-order valence-electron chi connectivity index (χ3n) is 5.31. The lowest BCUT2D eigenvalue weighted by molar-refractivity contribution is -0.137. The second kappa shape index (κ2) is 7.91. The maximum absolute atomic E-state index is 12.7. The Balaban J connectivity index is 1.39. The molecule has 2 aliphatic rings. The van der Waals surface area contributed by atoms with E-state index in [4.69, 9.17) is 17.3 Å². The van der Waals surface area contributed by atoms with Gasteiger partial charge in [-0.25, -0.2) is 9.67 Å². The normalized spacial score (nSPS) is 18.2. The van der Waals surface area contributed by atoms with E-state index in [0.717, 1.165) is 44.0 Å². The summed E-state index contributed by atoms with van der Waals surface area (Å²) in [5.41, 5.74) is -0.726. The molecule has 0 unspecified atom stereocenters. The van der Waals surface area contributed by atoms with Crippen LogP contribution < -0.4 is 4.90 Å². The van der Waals surface area contributed by atoms with E-state index in [-0.39, 0.29) is 0 Å². The van der Waals surface area contributed by atoms with Gasteiger partial charge in [-0.3, -0.25) is 9.47 Å². The van der Waals surface area contributed by atoms with Crippen LogP contribution in [0.15, 0.2) is 31.0 Å². The molecule has 2 aromatic heterocycles. The fraction of sp³-hybridized carbons (Fsp3) is 0.526. The Bertz CT molecular complexity index is 921. The SMILES string of the molecule is C=CCn1c(C2CC2)nn(CN2CCN(c3ccc(C(F)(F)F)cn3)CC2)c1=S. The number of hydrogen-bond acceptors (Lipinski definition) is 5. The number of rotatable bonds is 6. The quantitative estimate of drug-likeness (QED) is 0.523. The molecule has 0 spiro atoms. The van der Waals surface area contributed by atoms with Crippen molar-refractivity contribution in [3.8, 4) is 0 Å². The minimum absolute atomic E-state index is 0.500. The van der Waals surface area contributed by atoms with E-state index in [0.29, 0.717) is 42.8 Å². The Morgan fingerprint density at radius 1 is 1.17 bits per heavy atom. The molecule has 6 nitrogen and oxygen atoms in total. The van der Waals surface area contributed by atoms with Crippen LogP contribution in [0.1, 0.15) is 30.1 Å². The molecule has 10 heteroatoms. The van der Waals surface area contributed by atoms with E-state index >= 15 is 0 Å². The van der Waals surface area contributed by atoms with Crippen molar-refractivity contribution in [1.29, 1.82) is 0 Å². The van der Waals surface area contributed by atoms with Gasteiger partial charge in [0.2, 0.25) is 0 Å². The Morgan fingerprint density at radius 2 is 1.90 bits per heavy atom. The van der Waals surface area contributed by atoms with Crippen molar-refractivity contribution < 1.29 is 13.2 Å². The molecule has 0 bridgehead atoms. The predicted octanol–water partition coefficient (Wildman–Crippen LogP) is 3.67. The van der Waals surface area contributed by atoms with Crippen LogP contribution in [0.4, 0.5) is 19.0 Å². The largest absolute Gasteiger partial charge is 0.417 e. The number of halogens is 3. The highest BCUT2D eigenvalue weighted by molar-refractivity contribution is 7.71. The zero-order valence-electron chi connectivity index (χ0n) is 16.0. The van der Waals surface area contributed by atoms with Crippen LogP contribution in [0.25, 0.3) is 0 Å². The number of nitrogens with zero attached hydrogens (tertiary/aromatic N) is 6. The van der Waals surface area contributed by atoms with E-state index < -0.39 is 11.7 Å². The molecule has 1 saturated heterocycles. The molecular formula is C19H23F3N6S. The first-order valence-electron chi connectivity index (χ1n) is 9.66. The molecule has 0 atom stereocenters. The highest BCUT2D eigenvalue weighted by Gasteiger charge is 2.32. The van der Waals surface area contributed by atoms with Gasteiger partial charge < -0.3 is 4.90 Å². The number of piperazine rings is 1. The number of aromatic nitrogens is 4. The molecule has 0 amide bonds. The molecule has 3 heterocycles.